The molecule has 2 saturated heterocycles. The number of urea groups is 1. The van der Waals surface area contributed by atoms with Crippen molar-refractivity contribution < 1.29 is 32.5 Å². The van der Waals surface area contributed by atoms with Crippen molar-refractivity contribution in [2.75, 3.05) is 62.8 Å². The zero-order valence-corrected chi connectivity index (χ0v) is 20.0. The van der Waals surface area contributed by atoms with E-state index in [1.165, 1.54) is 4.90 Å². The number of pyridine rings is 1. The lowest BCUT2D eigenvalue weighted by Gasteiger charge is -2.28. The molecular weight excluding hydrogens is 477 g/mol. The summed E-state index contributed by atoms with van der Waals surface area (Å²) in [5.74, 6) is 1.09. The summed E-state index contributed by atoms with van der Waals surface area (Å²) in [4.78, 5) is 20.8. The predicted molar refractivity (Wildman–Crippen MR) is 129 cm³/mol. The Kier molecular flexibility index (Phi) is 8.00. The molecule has 1 aromatic carbocycles. The average molecular weight is 507 g/mol. The fourth-order valence-electron chi connectivity index (χ4n) is 4.24. The van der Waals surface area contributed by atoms with E-state index in [2.05, 4.69) is 15.2 Å². The first kappa shape index (κ1) is 25.8. The summed E-state index contributed by atoms with van der Waals surface area (Å²) in [6.07, 6.45) is -3.92. The lowest BCUT2D eigenvalue weighted by atomic mass is 10.0. The van der Waals surface area contributed by atoms with Gasteiger partial charge >= 0.3 is 12.2 Å². The zero-order valence-electron chi connectivity index (χ0n) is 20.0. The molecule has 2 aliphatic heterocycles. The van der Waals surface area contributed by atoms with Crippen LogP contribution in [0.3, 0.4) is 0 Å². The van der Waals surface area contributed by atoms with Crippen molar-refractivity contribution in [2.45, 2.75) is 19.5 Å². The summed E-state index contributed by atoms with van der Waals surface area (Å²) in [6.45, 7) is 4.64. The summed E-state index contributed by atoms with van der Waals surface area (Å²) < 4.78 is 49.0. The molecule has 2 fully saturated rings. The van der Waals surface area contributed by atoms with Crippen LogP contribution in [0.15, 0.2) is 42.0 Å². The third-order valence-corrected chi connectivity index (χ3v) is 6.02. The molecule has 0 atom stereocenters. The van der Waals surface area contributed by atoms with E-state index in [-0.39, 0.29) is 44.4 Å². The monoisotopic (exact) mass is 506 g/mol. The number of nitrogens with zero attached hydrogens (tertiary/aromatic N) is 3. The van der Waals surface area contributed by atoms with Gasteiger partial charge in [-0.3, -0.25) is 0 Å². The number of likely N-dealkylation sites (tertiary alicyclic amines) is 1. The Balaban J connectivity index is 1.56. The number of benzene rings is 1. The van der Waals surface area contributed by atoms with Gasteiger partial charge in [-0.15, -0.1) is 0 Å². The van der Waals surface area contributed by atoms with Crippen LogP contribution in [0.25, 0.3) is 11.1 Å². The number of amides is 2. The first-order valence-electron chi connectivity index (χ1n) is 11.7. The number of aryl methyl sites for hydroxylation is 1. The number of hydrogen-bond donors (Lipinski definition) is 2. The van der Waals surface area contributed by atoms with Gasteiger partial charge in [0.15, 0.2) is 0 Å². The molecule has 3 heterocycles. The van der Waals surface area contributed by atoms with Crippen LogP contribution < -0.4 is 15.0 Å². The van der Waals surface area contributed by atoms with E-state index in [0.29, 0.717) is 37.9 Å². The highest BCUT2D eigenvalue weighted by molar-refractivity contribution is 5.91. The molecule has 0 saturated carbocycles. The lowest BCUT2D eigenvalue weighted by molar-refractivity contribution is -0.0806. The molecule has 2 aliphatic rings. The normalized spacial score (nSPS) is 17.5. The molecule has 1 aromatic heterocycles. The van der Waals surface area contributed by atoms with Crippen LogP contribution in [0.2, 0.25) is 0 Å². The minimum atomic E-state index is -4.39. The molecule has 0 spiro atoms. The van der Waals surface area contributed by atoms with Gasteiger partial charge in [-0.2, -0.15) is 18.2 Å². The third kappa shape index (κ3) is 6.67. The number of alkyl halides is 3. The Bertz CT molecular complexity index is 1120. The number of hydrogen-bond acceptors (Lipinski definition) is 6. The van der Waals surface area contributed by atoms with Crippen molar-refractivity contribution in [3.8, 4) is 17.0 Å². The highest BCUT2D eigenvalue weighted by Gasteiger charge is 2.29. The summed E-state index contributed by atoms with van der Waals surface area (Å²) in [5, 5.41) is 12.0. The molecule has 0 bridgehead atoms. The number of aromatic nitrogens is 1. The van der Waals surface area contributed by atoms with Crippen molar-refractivity contribution in [3.05, 3.63) is 47.5 Å². The number of aliphatic hydroxyl groups excluding tert-OH is 1. The second-order valence-corrected chi connectivity index (χ2v) is 8.70. The van der Waals surface area contributed by atoms with E-state index in [0.717, 1.165) is 22.5 Å². The van der Waals surface area contributed by atoms with E-state index < -0.39 is 12.2 Å². The molecule has 2 N–H and O–H groups in total. The maximum Gasteiger partial charge on any atom is 0.409 e. The van der Waals surface area contributed by atoms with Crippen LogP contribution in [-0.2, 0) is 4.74 Å². The van der Waals surface area contributed by atoms with Crippen LogP contribution >= 0.6 is 0 Å². The van der Waals surface area contributed by atoms with Gasteiger partial charge in [0.25, 0.3) is 0 Å². The number of nitrogens with one attached hydrogen (secondary N) is 1. The van der Waals surface area contributed by atoms with Crippen LogP contribution in [0.5, 0.6) is 5.88 Å². The number of ether oxygens (including phenoxy) is 2. The van der Waals surface area contributed by atoms with Gasteiger partial charge in [-0.05, 0) is 53.8 Å². The number of halogens is 3. The van der Waals surface area contributed by atoms with Gasteiger partial charge in [0.05, 0.1) is 19.8 Å². The molecule has 194 valence electrons. The number of anilines is 2. The lowest BCUT2D eigenvalue weighted by Crippen LogP contribution is -2.36. The Morgan fingerprint density at radius 3 is 2.72 bits per heavy atom. The van der Waals surface area contributed by atoms with E-state index in [1.807, 2.05) is 25.1 Å². The quantitative estimate of drug-likeness (QED) is 0.577. The number of carbonyl (C=O) groups excluding carboxylic acids is 1. The number of allylic oxidation sites excluding steroid dienone is 1. The van der Waals surface area contributed by atoms with Crippen molar-refractivity contribution in [1.82, 2.24) is 9.88 Å². The molecule has 0 radical (unpaired) electrons. The summed E-state index contributed by atoms with van der Waals surface area (Å²) >= 11 is 0. The van der Waals surface area contributed by atoms with Crippen LogP contribution in [0.1, 0.15) is 12.0 Å². The van der Waals surface area contributed by atoms with Crippen molar-refractivity contribution >= 4 is 17.5 Å². The van der Waals surface area contributed by atoms with Gasteiger partial charge in [0.1, 0.15) is 12.4 Å². The molecular formula is C25H29F3N4O4. The van der Waals surface area contributed by atoms with E-state index >= 15 is 0 Å². The van der Waals surface area contributed by atoms with Crippen molar-refractivity contribution in [2.24, 2.45) is 0 Å². The van der Waals surface area contributed by atoms with E-state index in [9.17, 15) is 23.1 Å². The van der Waals surface area contributed by atoms with Gasteiger partial charge in [-0.1, -0.05) is 6.07 Å². The highest BCUT2D eigenvalue weighted by atomic mass is 19.4. The molecule has 8 nitrogen and oxygen atoms in total. The zero-order chi connectivity index (χ0) is 25.7. The summed E-state index contributed by atoms with van der Waals surface area (Å²) in [7, 11) is 0. The summed E-state index contributed by atoms with van der Waals surface area (Å²) in [6, 6.07) is 8.72. The van der Waals surface area contributed by atoms with Crippen LogP contribution in [-0.4, -0.2) is 79.8 Å². The first-order chi connectivity index (χ1) is 17.2. The Labute approximate surface area is 207 Å². The molecule has 4 rings (SSSR count). The Hall–Kier alpha value is -3.31. The minimum absolute atomic E-state index is 0.0527. The van der Waals surface area contributed by atoms with E-state index in [4.69, 9.17) is 9.47 Å². The first-order valence-corrected chi connectivity index (χ1v) is 11.7. The second-order valence-electron chi connectivity index (χ2n) is 8.70. The highest BCUT2D eigenvalue weighted by Crippen LogP contribution is 2.32. The maximum atomic E-state index is 12.7. The number of carbonyl (C=O) groups is 1. The average Bonchev–Trinajstić information content (AvgIpc) is 3.31. The molecule has 0 aliphatic carbocycles. The molecule has 2 aromatic rings. The molecule has 36 heavy (non-hydrogen) atoms. The van der Waals surface area contributed by atoms with Gasteiger partial charge in [-0.25, -0.2) is 4.79 Å². The predicted octanol–water partition coefficient (Wildman–Crippen LogP) is 3.99. The standard InChI is InChI=1S/C25H29F3N4O4/c1-17-2-3-20(29-24(34)32-5-4-18(16-32)15-25(26,27)28)14-21(17)19-12-22(31-6-9-35-10-7-31)30-23(13-19)36-11-8-33/h2-3,12-15,33H,4-11,16H2,1H3,(H,29,34)/b18-15+. The number of morpholine rings is 1. The van der Waals surface area contributed by atoms with Crippen molar-refractivity contribution in [3.63, 3.8) is 0 Å². The van der Waals surface area contributed by atoms with Gasteiger partial charge in [0, 0.05) is 44.0 Å². The maximum absolute atomic E-state index is 12.7. The van der Waals surface area contributed by atoms with Crippen molar-refractivity contribution in [1.29, 1.82) is 0 Å². The second kappa shape index (κ2) is 11.2. The third-order valence-electron chi connectivity index (χ3n) is 6.02. The molecule has 0 unspecified atom stereocenters. The molecule has 2 amide bonds. The number of rotatable bonds is 6. The smallest absolute Gasteiger partial charge is 0.409 e. The molecule has 11 heteroatoms. The SMILES string of the molecule is Cc1ccc(NC(=O)N2CC/C(=C\C(F)(F)F)C2)cc1-c1cc(OCCO)nc(N2CCOCC2)c1. The largest absolute Gasteiger partial charge is 0.475 e. The van der Waals surface area contributed by atoms with Gasteiger partial charge < -0.3 is 29.7 Å². The Morgan fingerprint density at radius 1 is 1.22 bits per heavy atom. The minimum Gasteiger partial charge on any atom is -0.475 e. The summed E-state index contributed by atoms with van der Waals surface area (Å²) in [5.41, 5.74) is 3.33. The fraction of sp³-hybridized carbons (Fsp3) is 0.440. The Morgan fingerprint density at radius 2 is 2.00 bits per heavy atom. The van der Waals surface area contributed by atoms with Crippen LogP contribution in [0.4, 0.5) is 29.5 Å². The topological polar surface area (TPSA) is 87.2 Å². The van der Waals surface area contributed by atoms with Gasteiger partial charge in [0.2, 0.25) is 5.88 Å². The fourth-order valence-corrected chi connectivity index (χ4v) is 4.24. The van der Waals surface area contributed by atoms with Crippen LogP contribution in [0, 0.1) is 6.92 Å². The number of aliphatic hydroxyl groups is 1. The van der Waals surface area contributed by atoms with E-state index in [1.54, 1.807) is 12.1 Å².